The fourth-order valence-electron chi connectivity index (χ4n) is 1.87. The second-order valence-electron chi connectivity index (χ2n) is 6.05. The standard InChI is InChI=1S/C16H27NO/c1-12-11-14(16(3,4)5)7-8-15(12)18-13(2)9-10-17-6/h7-8,11,13,17H,9-10H2,1-6H3. The van der Waals surface area contributed by atoms with E-state index < -0.39 is 0 Å². The molecular formula is C16H27NO. The van der Waals surface area contributed by atoms with Crippen molar-refractivity contribution in [2.45, 2.75) is 52.6 Å². The molecule has 1 unspecified atom stereocenters. The molecule has 0 aromatic heterocycles. The Morgan fingerprint density at radius 3 is 2.44 bits per heavy atom. The molecular weight excluding hydrogens is 222 g/mol. The van der Waals surface area contributed by atoms with Gasteiger partial charge in [-0.25, -0.2) is 0 Å². The second-order valence-corrected chi connectivity index (χ2v) is 6.05. The van der Waals surface area contributed by atoms with Crippen LogP contribution in [0, 0.1) is 6.92 Å². The maximum Gasteiger partial charge on any atom is 0.122 e. The number of benzene rings is 1. The molecule has 0 aliphatic heterocycles. The van der Waals surface area contributed by atoms with Gasteiger partial charge in [0.05, 0.1) is 6.10 Å². The number of nitrogens with one attached hydrogen (secondary N) is 1. The van der Waals surface area contributed by atoms with Gasteiger partial charge in [0.1, 0.15) is 5.75 Å². The van der Waals surface area contributed by atoms with Crippen LogP contribution in [0.15, 0.2) is 18.2 Å². The number of hydrogen-bond donors (Lipinski definition) is 1. The number of ether oxygens (including phenoxy) is 1. The highest BCUT2D eigenvalue weighted by atomic mass is 16.5. The molecule has 0 bridgehead atoms. The number of rotatable bonds is 5. The smallest absolute Gasteiger partial charge is 0.122 e. The zero-order chi connectivity index (χ0) is 13.8. The van der Waals surface area contributed by atoms with Gasteiger partial charge in [0.25, 0.3) is 0 Å². The van der Waals surface area contributed by atoms with E-state index in [1.165, 1.54) is 11.1 Å². The van der Waals surface area contributed by atoms with Gasteiger partial charge >= 0.3 is 0 Å². The Bertz CT molecular complexity index is 379. The molecule has 102 valence electrons. The fraction of sp³-hybridized carbons (Fsp3) is 0.625. The van der Waals surface area contributed by atoms with Gasteiger partial charge in [0, 0.05) is 0 Å². The molecule has 0 aliphatic rings. The largest absolute Gasteiger partial charge is 0.490 e. The van der Waals surface area contributed by atoms with E-state index in [0.717, 1.165) is 18.7 Å². The Hall–Kier alpha value is -1.02. The molecule has 1 rings (SSSR count). The summed E-state index contributed by atoms with van der Waals surface area (Å²) < 4.78 is 5.97. The van der Waals surface area contributed by atoms with Crippen LogP contribution >= 0.6 is 0 Å². The van der Waals surface area contributed by atoms with Crippen molar-refractivity contribution in [2.24, 2.45) is 0 Å². The lowest BCUT2D eigenvalue weighted by atomic mass is 9.86. The van der Waals surface area contributed by atoms with Crippen molar-refractivity contribution in [3.8, 4) is 5.75 Å². The van der Waals surface area contributed by atoms with Gasteiger partial charge in [-0.1, -0.05) is 32.9 Å². The van der Waals surface area contributed by atoms with Crippen molar-refractivity contribution in [3.05, 3.63) is 29.3 Å². The Kier molecular flexibility index (Phi) is 5.21. The van der Waals surface area contributed by atoms with Gasteiger partial charge in [-0.15, -0.1) is 0 Å². The molecule has 1 aromatic carbocycles. The summed E-state index contributed by atoms with van der Waals surface area (Å²) in [6.07, 6.45) is 1.27. The van der Waals surface area contributed by atoms with E-state index in [1.54, 1.807) is 0 Å². The summed E-state index contributed by atoms with van der Waals surface area (Å²) in [6, 6.07) is 6.51. The predicted octanol–water partition coefficient (Wildman–Crippen LogP) is 3.67. The van der Waals surface area contributed by atoms with E-state index >= 15 is 0 Å². The van der Waals surface area contributed by atoms with Crippen LogP contribution in [0.2, 0.25) is 0 Å². The zero-order valence-electron chi connectivity index (χ0n) is 12.6. The summed E-state index contributed by atoms with van der Waals surface area (Å²) in [7, 11) is 1.97. The van der Waals surface area contributed by atoms with Crippen molar-refractivity contribution >= 4 is 0 Å². The highest BCUT2D eigenvalue weighted by molar-refractivity contribution is 5.38. The summed E-state index contributed by atoms with van der Waals surface area (Å²) in [5.74, 6) is 1.01. The maximum absolute atomic E-state index is 5.97. The quantitative estimate of drug-likeness (QED) is 0.859. The molecule has 1 N–H and O–H groups in total. The minimum Gasteiger partial charge on any atom is -0.490 e. The Morgan fingerprint density at radius 1 is 1.28 bits per heavy atom. The van der Waals surface area contributed by atoms with E-state index in [2.05, 4.69) is 58.1 Å². The van der Waals surface area contributed by atoms with Gasteiger partial charge in [0.15, 0.2) is 0 Å². The average Bonchev–Trinajstić information content (AvgIpc) is 2.27. The Balaban J connectivity index is 2.74. The monoisotopic (exact) mass is 249 g/mol. The van der Waals surface area contributed by atoms with Crippen LogP contribution < -0.4 is 10.1 Å². The molecule has 0 radical (unpaired) electrons. The van der Waals surface area contributed by atoms with Crippen LogP contribution in [-0.2, 0) is 5.41 Å². The lowest BCUT2D eigenvalue weighted by Crippen LogP contribution is -2.20. The van der Waals surface area contributed by atoms with Crippen LogP contribution in [0.25, 0.3) is 0 Å². The molecule has 0 aliphatic carbocycles. The molecule has 0 amide bonds. The number of aryl methyl sites for hydroxylation is 1. The first-order valence-corrected chi connectivity index (χ1v) is 6.77. The molecule has 0 heterocycles. The topological polar surface area (TPSA) is 21.3 Å². The molecule has 1 aromatic rings. The van der Waals surface area contributed by atoms with Gasteiger partial charge in [-0.05, 0) is 56.5 Å². The highest BCUT2D eigenvalue weighted by Crippen LogP contribution is 2.28. The van der Waals surface area contributed by atoms with Crippen LogP contribution in [0.3, 0.4) is 0 Å². The summed E-state index contributed by atoms with van der Waals surface area (Å²) >= 11 is 0. The minimum absolute atomic E-state index is 0.195. The first kappa shape index (κ1) is 15.0. The molecule has 0 saturated carbocycles. The summed E-state index contributed by atoms with van der Waals surface area (Å²) in [4.78, 5) is 0. The van der Waals surface area contributed by atoms with Crippen LogP contribution in [0.4, 0.5) is 0 Å². The highest BCUT2D eigenvalue weighted by Gasteiger charge is 2.15. The van der Waals surface area contributed by atoms with Gasteiger partial charge in [-0.3, -0.25) is 0 Å². The predicted molar refractivity (Wildman–Crippen MR) is 78.5 cm³/mol. The van der Waals surface area contributed by atoms with E-state index in [-0.39, 0.29) is 11.5 Å². The molecule has 1 atom stereocenters. The number of hydrogen-bond acceptors (Lipinski definition) is 2. The molecule has 0 fully saturated rings. The van der Waals surface area contributed by atoms with Gasteiger partial charge in [-0.2, -0.15) is 0 Å². The van der Waals surface area contributed by atoms with Crippen LogP contribution in [0.5, 0.6) is 5.75 Å². The van der Waals surface area contributed by atoms with Crippen LogP contribution in [-0.4, -0.2) is 19.7 Å². The van der Waals surface area contributed by atoms with E-state index in [1.807, 2.05) is 7.05 Å². The van der Waals surface area contributed by atoms with Crippen molar-refractivity contribution in [3.63, 3.8) is 0 Å². The van der Waals surface area contributed by atoms with E-state index in [9.17, 15) is 0 Å². The molecule has 0 spiro atoms. The minimum atomic E-state index is 0.195. The first-order chi connectivity index (χ1) is 8.34. The third-order valence-corrected chi connectivity index (χ3v) is 3.17. The summed E-state index contributed by atoms with van der Waals surface area (Å²) in [5.41, 5.74) is 2.77. The fourth-order valence-corrected chi connectivity index (χ4v) is 1.87. The third-order valence-electron chi connectivity index (χ3n) is 3.17. The van der Waals surface area contributed by atoms with Gasteiger partial charge < -0.3 is 10.1 Å². The second kappa shape index (κ2) is 6.24. The maximum atomic E-state index is 5.97. The first-order valence-electron chi connectivity index (χ1n) is 6.77. The zero-order valence-corrected chi connectivity index (χ0v) is 12.6. The van der Waals surface area contributed by atoms with Crippen molar-refractivity contribution in [2.75, 3.05) is 13.6 Å². The molecule has 2 nitrogen and oxygen atoms in total. The Morgan fingerprint density at radius 2 is 1.94 bits per heavy atom. The van der Waals surface area contributed by atoms with Crippen molar-refractivity contribution in [1.29, 1.82) is 0 Å². The summed E-state index contributed by atoms with van der Waals surface area (Å²) in [6.45, 7) is 11.9. The summed E-state index contributed by atoms with van der Waals surface area (Å²) in [5, 5.41) is 3.15. The molecule has 2 heteroatoms. The lowest BCUT2D eigenvalue weighted by molar-refractivity contribution is 0.209. The van der Waals surface area contributed by atoms with E-state index in [4.69, 9.17) is 4.74 Å². The molecule has 0 saturated heterocycles. The van der Waals surface area contributed by atoms with E-state index in [0.29, 0.717) is 0 Å². The van der Waals surface area contributed by atoms with Crippen molar-refractivity contribution in [1.82, 2.24) is 5.32 Å². The van der Waals surface area contributed by atoms with Gasteiger partial charge in [0.2, 0.25) is 0 Å². The molecule has 18 heavy (non-hydrogen) atoms. The third kappa shape index (κ3) is 4.34. The average molecular weight is 249 g/mol. The van der Waals surface area contributed by atoms with Crippen molar-refractivity contribution < 1.29 is 4.74 Å². The normalized spacial score (nSPS) is 13.4. The SMILES string of the molecule is CNCCC(C)Oc1ccc(C(C)(C)C)cc1C. The van der Waals surface area contributed by atoms with Crippen LogP contribution in [0.1, 0.15) is 45.2 Å². The Labute approximate surface area is 112 Å². The lowest BCUT2D eigenvalue weighted by Gasteiger charge is -2.22.